The maximum Gasteiger partial charge on any atom is 0.179 e. The molecule has 0 saturated carbocycles. The molecule has 3 aliphatic carbocycles. The molecule has 2 aromatic carbocycles. The molecule has 1 heterocycles. The Balaban J connectivity index is 1.68. The van der Waals surface area contributed by atoms with Crippen LogP contribution in [-0.4, -0.2) is 22.9 Å². The molecule has 4 aliphatic rings. The van der Waals surface area contributed by atoms with Crippen LogP contribution in [0.25, 0.3) is 11.6 Å². The van der Waals surface area contributed by atoms with E-state index in [4.69, 9.17) is 0 Å². The number of phenolic OH excluding ortho intramolecular Hbond substituents is 1. The second-order valence-corrected chi connectivity index (χ2v) is 10.8. The van der Waals surface area contributed by atoms with Gasteiger partial charge < -0.3 is 5.11 Å². The Morgan fingerprint density at radius 1 is 1.09 bits per heavy atom. The molecule has 2 aromatic rings. The monoisotopic (exact) mass is 499 g/mol. The van der Waals surface area contributed by atoms with E-state index in [9.17, 15) is 14.7 Å². The first kappa shape index (κ1) is 20.5. The number of hydrogen-bond donors (Lipinski definition) is 1. The minimum atomic E-state index is -0.850. The van der Waals surface area contributed by atoms with Crippen molar-refractivity contribution < 1.29 is 14.7 Å². The molecule has 33 heavy (non-hydrogen) atoms. The number of Topliss-reactive ketones (excluding diaryl/α,β-unsaturated/α-hetero) is 2. The number of benzene rings is 2. The molecule has 1 atom stereocenters. The zero-order valence-electron chi connectivity index (χ0n) is 18.6. The van der Waals surface area contributed by atoms with Crippen LogP contribution >= 0.6 is 15.9 Å². The van der Waals surface area contributed by atoms with Crippen LogP contribution in [0.2, 0.25) is 0 Å². The normalized spacial score (nSPS) is 22.3. The van der Waals surface area contributed by atoms with Gasteiger partial charge in [0.2, 0.25) is 0 Å². The Hall–Kier alpha value is -3.05. The van der Waals surface area contributed by atoms with Crippen molar-refractivity contribution in [3.8, 4) is 5.75 Å². The highest BCUT2D eigenvalue weighted by molar-refractivity contribution is 9.10. The fourth-order valence-electron chi connectivity index (χ4n) is 5.80. The van der Waals surface area contributed by atoms with E-state index in [0.717, 1.165) is 43.4 Å². The first-order valence-electron chi connectivity index (χ1n) is 11.1. The third-order valence-electron chi connectivity index (χ3n) is 7.47. The number of aromatic hydroxyl groups is 1. The maximum absolute atomic E-state index is 14.1. The lowest BCUT2D eigenvalue weighted by Gasteiger charge is -2.40. The van der Waals surface area contributed by atoms with Crippen LogP contribution < -0.4 is 0 Å². The van der Waals surface area contributed by atoms with Crippen molar-refractivity contribution >= 4 is 45.4 Å². The third-order valence-corrected chi connectivity index (χ3v) is 8.00. The first-order valence-corrected chi connectivity index (χ1v) is 11.9. The van der Waals surface area contributed by atoms with E-state index in [1.807, 2.05) is 37.3 Å². The molecule has 164 valence electrons. The summed E-state index contributed by atoms with van der Waals surface area (Å²) in [6, 6.07) is 9.18. The smallest absolute Gasteiger partial charge is 0.179 e. The van der Waals surface area contributed by atoms with Crippen molar-refractivity contribution in [2.24, 2.45) is 10.4 Å². The largest absolute Gasteiger partial charge is 0.507 e. The summed E-state index contributed by atoms with van der Waals surface area (Å²) in [6.07, 6.45) is 4.43. The number of carbonyl (C=O) groups is 2. The van der Waals surface area contributed by atoms with E-state index < -0.39 is 5.92 Å². The van der Waals surface area contributed by atoms with E-state index in [-0.39, 0.29) is 22.7 Å². The molecule has 6 rings (SSSR count). The van der Waals surface area contributed by atoms with E-state index in [1.165, 1.54) is 0 Å². The molecule has 1 unspecified atom stereocenters. The summed E-state index contributed by atoms with van der Waals surface area (Å²) in [4.78, 5) is 32.0. The second-order valence-electron chi connectivity index (χ2n) is 9.91. The Kier molecular flexibility index (Phi) is 4.19. The Labute approximate surface area is 200 Å². The van der Waals surface area contributed by atoms with Crippen molar-refractivity contribution in [2.45, 2.75) is 39.7 Å². The summed E-state index contributed by atoms with van der Waals surface area (Å²) in [5, 5.41) is 10.8. The molecule has 5 heteroatoms. The summed E-state index contributed by atoms with van der Waals surface area (Å²) < 4.78 is 0.900. The molecular weight excluding hydrogens is 478 g/mol. The van der Waals surface area contributed by atoms with Crippen LogP contribution in [-0.2, 0) is 16.1 Å². The van der Waals surface area contributed by atoms with E-state index >= 15 is 0 Å². The van der Waals surface area contributed by atoms with Gasteiger partial charge in [-0.25, -0.2) is 0 Å². The molecule has 0 spiro atoms. The quantitative estimate of drug-likeness (QED) is 0.495. The highest BCUT2D eigenvalue weighted by Gasteiger charge is 2.48. The van der Waals surface area contributed by atoms with Gasteiger partial charge in [-0.3, -0.25) is 14.6 Å². The topological polar surface area (TPSA) is 66.7 Å². The summed E-state index contributed by atoms with van der Waals surface area (Å²) in [5.41, 5.74) is 8.11. The summed E-state index contributed by atoms with van der Waals surface area (Å²) in [6.45, 7) is 6.67. The molecule has 4 nitrogen and oxygen atoms in total. The van der Waals surface area contributed by atoms with Crippen LogP contribution in [0.3, 0.4) is 0 Å². The van der Waals surface area contributed by atoms with Crippen molar-refractivity contribution in [2.75, 3.05) is 0 Å². The van der Waals surface area contributed by atoms with Gasteiger partial charge in [0.15, 0.2) is 11.6 Å². The lowest BCUT2D eigenvalue weighted by atomic mass is 9.62. The van der Waals surface area contributed by atoms with Crippen molar-refractivity contribution in [3.05, 3.63) is 84.9 Å². The second kappa shape index (κ2) is 6.73. The van der Waals surface area contributed by atoms with Crippen LogP contribution in [0.4, 0.5) is 0 Å². The highest BCUT2D eigenvalue weighted by atomic mass is 79.9. The Morgan fingerprint density at radius 3 is 2.55 bits per heavy atom. The molecule has 0 fully saturated rings. The number of hydrogen-bond acceptors (Lipinski definition) is 4. The number of carbonyl (C=O) groups excluding carboxylic acids is 2. The standard InChI is InChI=1S/C28H22BrNO3/c1-13-18-10-28(2,3)20-9-17-21(31)8-15-11-30-12-19(15)23(17)25(20)24(18)27(33)22(26(13)32)14-4-6-16(29)7-5-14/h4-9,11,22,31H,10,12H2,1-3H3. The molecule has 0 saturated heterocycles. The van der Waals surface area contributed by atoms with Gasteiger partial charge in [-0.15, -0.1) is 0 Å². The summed E-state index contributed by atoms with van der Waals surface area (Å²) >= 11 is 3.44. The zero-order chi connectivity index (χ0) is 23.2. The minimum Gasteiger partial charge on any atom is -0.507 e. The lowest BCUT2D eigenvalue weighted by Crippen LogP contribution is -2.35. The third kappa shape index (κ3) is 2.72. The number of ketones is 2. The number of rotatable bonds is 1. The van der Waals surface area contributed by atoms with Crippen molar-refractivity contribution in [1.29, 1.82) is 0 Å². The van der Waals surface area contributed by atoms with Gasteiger partial charge in [0.25, 0.3) is 0 Å². The minimum absolute atomic E-state index is 0.118. The molecule has 0 amide bonds. The molecule has 0 aromatic heterocycles. The van der Waals surface area contributed by atoms with Crippen LogP contribution in [0.15, 0.2) is 62.1 Å². The predicted octanol–water partition coefficient (Wildman–Crippen LogP) is 5.92. The van der Waals surface area contributed by atoms with Gasteiger partial charge in [-0.2, -0.15) is 0 Å². The Bertz CT molecular complexity index is 1430. The van der Waals surface area contributed by atoms with Crippen LogP contribution in [0.5, 0.6) is 5.75 Å². The van der Waals surface area contributed by atoms with Gasteiger partial charge in [-0.1, -0.05) is 41.9 Å². The molecule has 1 aliphatic heterocycles. The van der Waals surface area contributed by atoms with Gasteiger partial charge in [0, 0.05) is 27.4 Å². The number of aliphatic imine (C=N–C) groups is 1. The van der Waals surface area contributed by atoms with Gasteiger partial charge in [0.05, 0.1) is 6.54 Å². The molecular formula is C28H22BrNO3. The maximum atomic E-state index is 14.1. The summed E-state index contributed by atoms with van der Waals surface area (Å²) in [5.74, 6) is -0.915. The lowest BCUT2D eigenvalue weighted by molar-refractivity contribution is -0.125. The molecule has 0 bridgehead atoms. The van der Waals surface area contributed by atoms with E-state index in [1.54, 1.807) is 12.3 Å². The van der Waals surface area contributed by atoms with E-state index in [0.29, 0.717) is 29.7 Å². The van der Waals surface area contributed by atoms with E-state index in [2.05, 4.69) is 34.8 Å². The average Bonchev–Trinajstić information content (AvgIpc) is 3.39. The number of phenols is 1. The number of fused-ring (bicyclic) bond motifs is 6. The Morgan fingerprint density at radius 2 is 1.82 bits per heavy atom. The number of nitrogens with zero attached hydrogens (tertiary/aromatic N) is 1. The fraction of sp³-hybridized carbons (Fsp3) is 0.250. The molecule has 0 radical (unpaired) electrons. The predicted molar refractivity (Wildman–Crippen MR) is 132 cm³/mol. The number of allylic oxidation sites excluding steroid dienone is 5. The fourth-order valence-corrected chi connectivity index (χ4v) is 6.06. The number of halogens is 1. The summed E-state index contributed by atoms with van der Waals surface area (Å²) in [7, 11) is 0. The van der Waals surface area contributed by atoms with Crippen LogP contribution in [0, 0.1) is 5.41 Å². The highest BCUT2D eigenvalue weighted by Crippen LogP contribution is 2.59. The van der Waals surface area contributed by atoms with Gasteiger partial charge in [0.1, 0.15) is 11.7 Å². The van der Waals surface area contributed by atoms with Gasteiger partial charge >= 0.3 is 0 Å². The molecule has 1 N–H and O–H groups in total. The van der Waals surface area contributed by atoms with Crippen LogP contribution in [0.1, 0.15) is 60.9 Å². The van der Waals surface area contributed by atoms with Crippen molar-refractivity contribution in [3.63, 3.8) is 0 Å². The zero-order valence-corrected chi connectivity index (χ0v) is 20.2. The average molecular weight is 500 g/mol. The van der Waals surface area contributed by atoms with Gasteiger partial charge in [-0.05, 0) is 82.0 Å². The van der Waals surface area contributed by atoms with Crippen molar-refractivity contribution in [1.82, 2.24) is 0 Å². The first-order chi connectivity index (χ1) is 15.7. The SMILES string of the molecule is CC1=C2CC(C)(C)C3=Cc4c(O)cc5c(c4C3=C2C(=O)C(c2ccc(Br)cc2)C1=O)CN=C5.